The van der Waals surface area contributed by atoms with E-state index in [1.807, 2.05) is 30.1 Å². The first-order valence-corrected chi connectivity index (χ1v) is 6.01. The predicted molar refractivity (Wildman–Crippen MR) is 63.4 cm³/mol. The van der Waals surface area contributed by atoms with E-state index in [2.05, 4.69) is 18.8 Å². The smallest absolute Gasteiger partial charge is 0.123 e. The van der Waals surface area contributed by atoms with Gasteiger partial charge in [-0.1, -0.05) is 20.3 Å². The number of aromatic nitrogens is 1. The van der Waals surface area contributed by atoms with Gasteiger partial charge >= 0.3 is 0 Å². The van der Waals surface area contributed by atoms with Gasteiger partial charge in [0.15, 0.2) is 0 Å². The SMILES string of the molecule is CC(C)CCCSc1ccc(N)nc1. The van der Waals surface area contributed by atoms with Crippen LogP contribution in [0, 0.1) is 5.92 Å². The molecule has 0 aliphatic rings. The molecule has 1 aromatic heterocycles. The second-order valence-corrected chi connectivity index (χ2v) is 4.97. The van der Waals surface area contributed by atoms with E-state index in [-0.39, 0.29) is 0 Å². The summed E-state index contributed by atoms with van der Waals surface area (Å²) in [5.74, 6) is 2.57. The Labute approximate surface area is 90.3 Å². The van der Waals surface area contributed by atoms with E-state index < -0.39 is 0 Å². The second kappa shape index (κ2) is 5.91. The van der Waals surface area contributed by atoms with Crippen LogP contribution in [0.4, 0.5) is 5.82 Å². The van der Waals surface area contributed by atoms with Crippen LogP contribution in [0.1, 0.15) is 26.7 Å². The van der Waals surface area contributed by atoms with E-state index in [0.29, 0.717) is 5.82 Å². The van der Waals surface area contributed by atoms with Gasteiger partial charge in [0.2, 0.25) is 0 Å². The van der Waals surface area contributed by atoms with E-state index in [4.69, 9.17) is 5.73 Å². The molecule has 1 heterocycles. The van der Waals surface area contributed by atoms with Gasteiger partial charge in [-0.2, -0.15) is 0 Å². The highest BCUT2D eigenvalue weighted by Crippen LogP contribution is 2.19. The summed E-state index contributed by atoms with van der Waals surface area (Å²) in [6.45, 7) is 4.52. The average Bonchev–Trinajstić information content (AvgIpc) is 2.15. The molecule has 2 N–H and O–H groups in total. The van der Waals surface area contributed by atoms with Crippen molar-refractivity contribution in [2.45, 2.75) is 31.6 Å². The predicted octanol–water partition coefficient (Wildman–Crippen LogP) is 3.19. The molecule has 2 nitrogen and oxygen atoms in total. The van der Waals surface area contributed by atoms with Crippen LogP contribution in [0.15, 0.2) is 23.2 Å². The molecule has 0 amide bonds. The molecule has 0 fully saturated rings. The van der Waals surface area contributed by atoms with Crippen LogP contribution in [0.3, 0.4) is 0 Å². The van der Waals surface area contributed by atoms with Crippen LogP contribution < -0.4 is 5.73 Å². The van der Waals surface area contributed by atoms with Gasteiger partial charge in [-0.3, -0.25) is 0 Å². The Hall–Kier alpha value is -0.700. The number of hydrogen-bond acceptors (Lipinski definition) is 3. The molecule has 0 bridgehead atoms. The summed E-state index contributed by atoms with van der Waals surface area (Å²) in [6, 6.07) is 3.88. The Kier molecular flexibility index (Phi) is 4.80. The van der Waals surface area contributed by atoms with Crippen molar-refractivity contribution in [3.63, 3.8) is 0 Å². The minimum Gasteiger partial charge on any atom is -0.384 e. The van der Waals surface area contributed by atoms with E-state index in [1.165, 1.54) is 23.5 Å². The van der Waals surface area contributed by atoms with Crippen molar-refractivity contribution in [2.24, 2.45) is 5.92 Å². The van der Waals surface area contributed by atoms with Crippen molar-refractivity contribution < 1.29 is 0 Å². The van der Waals surface area contributed by atoms with E-state index >= 15 is 0 Å². The fourth-order valence-electron chi connectivity index (χ4n) is 1.16. The van der Waals surface area contributed by atoms with Crippen molar-refractivity contribution >= 4 is 17.6 Å². The van der Waals surface area contributed by atoms with Crippen LogP contribution >= 0.6 is 11.8 Å². The summed E-state index contributed by atoms with van der Waals surface area (Å²) in [7, 11) is 0. The number of nitrogens with two attached hydrogens (primary N) is 1. The van der Waals surface area contributed by atoms with Gasteiger partial charge in [-0.25, -0.2) is 4.98 Å². The van der Waals surface area contributed by atoms with Gasteiger partial charge in [0.1, 0.15) is 5.82 Å². The van der Waals surface area contributed by atoms with Crippen LogP contribution in [-0.2, 0) is 0 Å². The summed E-state index contributed by atoms with van der Waals surface area (Å²) in [5.41, 5.74) is 5.50. The molecule has 0 radical (unpaired) electrons. The summed E-state index contributed by atoms with van der Waals surface area (Å²) in [5, 5.41) is 0. The van der Waals surface area contributed by atoms with E-state index in [1.54, 1.807) is 0 Å². The Bertz CT molecular complexity index is 256. The lowest BCUT2D eigenvalue weighted by molar-refractivity contribution is 0.579. The van der Waals surface area contributed by atoms with Crippen molar-refractivity contribution in [3.05, 3.63) is 18.3 Å². The molecule has 3 heteroatoms. The Morgan fingerprint density at radius 2 is 2.21 bits per heavy atom. The molecule has 0 aliphatic heterocycles. The molecule has 14 heavy (non-hydrogen) atoms. The Balaban J connectivity index is 2.21. The third kappa shape index (κ3) is 4.51. The fourth-order valence-corrected chi connectivity index (χ4v) is 2.00. The zero-order chi connectivity index (χ0) is 10.4. The summed E-state index contributed by atoms with van der Waals surface area (Å²) in [6.07, 6.45) is 4.41. The van der Waals surface area contributed by atoms with Crippen LogP contribution in [0.2, 0.25) is 0 Å². The first kappa shape index (κ1) is 11.4. The largest absolute Gasteiger partial charge is 0.384 e. The number of thioether (sulfide) groups is 1. The molecule has 0 atom stereocenters. The van der Waals surface area contributed by atoms with Gasteiger partial charge in [-0.05, 0) is 30.2 Å². The number of rotatable bonds is 5. The lowest BCUT2D eigenvalue weighted by Crippen LogP contribution is -1.90. The molecular formula is C11H18N2S. The molecule has 1 aromatic rings. The number of nitrogens with zero attached hydrogens (tertiary/aromatic N) is 1. The zero-order valence-electron chi connectivity index (χ0n) is 8.86. The highest BCUT2D eigenvalue weighted by Gasteiger charge is 1.96. The Morgan fingerprint density at radius 1 is 1.43 bits per heavy atom. The maximum absolute atomic E-state index is 5.50. The highest BCUT2D eigenvalue weighted by molar-refractivity contribution is 7.99. The number of nitrogen functional groups attached to an aromatic ring is 1. The molecule has 0 unspecified atom stereocenters. The molecule has 0 saturated heterocycles. The average molecular weight is 210 g/mol. The number of anilines is 1. The van der Waals surface area contributed by atoms with Gasteiger partial charge in [-0.15, -0.1) is 11.8 Å². The number of hydrogen-bond donors (Lipinski definition) is 1. The molecule has 0 spiro atoms. The first-order valence-electron chi connectivity index (χ1n) is 5.03. The maximum Gasteiger partial charge on any atom is 0.123 e. The third-order valence-corrected chi connectivity index (χ3v) is 3.02. The molecule has 0 aliphatic carbocycles. The topological polar surface area (TPSA) is 38.9 Å². The molecule has 0 aromatic carbocycles. The minimum atomic E-state index is 0.594. The fraction of sp³-hybridized carbons (Fsp3) is 0.545. The van der Waals surface area contributed by atoms with Crippen molar-refractivity contribution in [3.8, 4) is 0 Å². The third-order valence-electron chi connectivity index (χ3n) is 1.95. The van der Waals surface area contributed by atoms with Crippen molar-refractivity contribution in [1.82, 2.24) is 4.98 Å². The number of pyridine rings is 1. The highest BCUT2D eigenvalue weighted by atomic mass is 32.2. The Morgan fingerprint density at radius 3 is 2.79 bits per heavy atom. The van der Waals surface area contributed by atoms with Crippen LogP contribution in [0.5, 0.6) is 0 Å². The molecular weight excluding hydrogens is 192 g/mol. The van der Waals surface area contributed by atoms with E-state index in [9.17, 15) is 0 Å². The standard InChI is InChI=1S/C11H18N2S/c1-9(2)4-3-7-14-10-5-6-11(12)13-8-10/h5-6,8-9H,3-4,7H2,1-2H3,(H2,12,13). The van der Waals surface area contributed by atoms with Crippen LogP contribution in [-0.4, -0.2) is 10.7 Å². The lowest BCUT2D eigenvalue weighted by Gasteiger charge is -2.04. The van der Waals surface area contributed by atoms with E-state index in [0.717, 1.165) is 5.92 Å². The lowest BCUT2D eigenvalue weighted by atomic mass is 10.1. The van der Waals surface area contributed by atoms with Gasteiger partial charge in [0, 0.05) is 11.1 Å². The minimum absolute atomic E-state index is 0.594. The van der Waals surface area contributed by atoms with Crippen molar-refractivity contribution in [1.29, 1.82) is 0 Å². The van der Waals surface area contributed by atoms with Crippen LogP contribution in [0.25, 0.3) is 0 Å². The molecule has 0 saturated carbocycles. The quantitative estimate of drug-likeness (QED) is 0.599. The van der Waals surface area contributed by atoms with Gasteiger partial charge in [0.05, 0.1) is 0 Å². The first-order chi connectivity index (χ1) is 6.68. The zero-order valence-corrected chi connectivity index (χ0v) is 9.68. The summed E-state index contributed by atoms with van der Waals surface area (Å²) >= 11 is 1.85. The monoisotopic (exact) mass is 210 g/mol. The normalized spacial score (nSPS) is 10.8. The summed E-state index contributed by atoms with van der Waals surface area (Å²) < 4.78 is 0. The van der Waals surface area contributed by atoms with Crippen molar-refractivity contribution in [2.75, 3.05) is 11.5 Å². The maximum atomic E-state index is 5.50. The molecule has 1 rings (SSSR count). The van der Waals surface area contributed by atoms with Gasteiger partial charge < -0.3 is 5.73 Å². The molecule has 78 valence electrons. The second-order valence-electron chi connectivity index (χ2n) is 3.80. The summed E-state index contributed by atoms with van der Waals surface area (Å²) in [4.78, 5) is 5.26. The van der Waals surface area contributed by atoms with Gasteiger partial charge in [0.25, 0.3) is 0 Å².